The van der Waals surface area contributed by atoms with Crippen LogP contribution in [0.25, 0.3) is 0 Å². The summed E-state index contributed by atoms with van der Waals surface area (Å²) >= 11 is 13.5. The number of hydrogen-bond donors (Lipinski definition) is 4. The summed E-state index contributed by atoms with van der Waals surface area (Å²) in [7, 11) is 4.47. The molecule has 2 saturated heterocycles. The number of methoxy groups -OCH3 is 1. The van der Waals surface area contributed by atoms with Gasteiger partial charge in [0, 0.05) is 81.5 Å². The van der Waals surface area contributed by atoms with Crippen LogP contribution < -0.4 is 21.3 Å². The van der Waals surface area contributed by atoms with Crippen LogP contribution >= 0.6 is 43.5 Å². The molecule has 5 amide bonds. The SMILES string of the molecule is CO[C@@H]1/C=C/C=C(\C)Cc2cc(C)c(Cl)c(c2)N(C)C(=O)C[C@H](OC(=O)[C@H](C)N(C)C(=O)c2ccc(CC(=O)[C@H](CCCNC(N)=O)NC(=O)[C@@H](CC(=O)CCCCC(C)OC(=O)C(CBr)CBr)C(C)C)cc2)[C@]2(C)O[C@H]2[C@H](C)[C@@H]2C[C@@]1(O)CC(=O)O2. The molecule has 0 radical (unpaired) electrons. The third kappa shape index (κ3) is 20.0. The van der Waals surface area contributed by atoms with Crippen molar-refractivity contribution in [2.75, 3.05) is 43.3 Å². The van der Waals surface area contributed by atoms with Crippen LogP contribution in [-0.2, 0) is 70.1 Å². The lowest BCUT2D eigenvalue weighted by atomic mass is 9.78. The third-order valence-corrected chi connectivity index (χ3v) is 18.9. The van der Waals surface area contributed by atoms with Crippen LogP contribution in [0.5, 0.6) is 0 Å². The van der Waals surface area contributed by atoms with Gasteiger partial charge in [-0.3, -0.25) is 33.6 Å². The van der Waals surface area contributed by atoms with Gasteiger partial charge in [0.2, 0.25) is 11.8 Å². The number of anilines is 1. The number of benzene rings is 2. The molecule has 87 heavy (non-hydrogen) atoms. The van der Waals surface area contributed by atoms with Crippen LogP contribution in [0.3, 0.4) is 0 Å². The molecule has 480 valence electrons. The number of nitrogens with zero attached hydrogens (tertiary/aromatic N) is 2. The van der Waals surface area contributed by atoms with Crippen molar-refractivity contribution in [2.24, 2.45) is 29.4 Å². The lowest BCUT2D eigenvalue weighted by Crippen LogP contribution is -2.53. The maximum atomic E-state index is 14.5. The zero-order chi connectivity index (χ0) is 64.7. The Bertz CT molecular complexity index is 2870. The molecule has 2 aromatic carbocycles. The summed E-state index contributed by atoms with van der Waals surface area (Å²) in [6.45, 7) is 14.4. The Kier molecular flexibility index (Phi) is 27.2. The summed E-state index contributed by atoms with van der Waals surface area (Å²) in [6.07, 6.45) is 3.40. The number of alkyl halides is 2. The summed E-state index contributed by atoms with van der Waals surface area (Å²) in [5.41, 5.74) is 6.01. The Morgan fingerprint density at radius 2 is 1.66 bits per heavy atom. The van der Waals surface area contributed by atoms with Crippen LogP contribution in [0.15, 0.2) is 60.2 Å². The minimum Gasteiger partial charge on any atom is -0.462 e. The molecule has 3 heterocycles. The maximum absolute atomic E-state index is 14.5. The Hall–Kier alpha value is -5.52. The van der Waals surface area contributed by atoms with Crippen LogP contribution in [0.1, 0.15) is 140 Å². The molecule has 0 spiro atoms. The van der Waals surface area contributed by atoms with Gasteiger partial charge in [-0.25, -0.2) is 9.59 Å². The van der Waals surface area contributed by atoms with Gasteiger partial charge in [0.1, 0.15) is 41.3 Å². The smallest absolute Gasteiger partial charge is 0.328 e. The molecule has 3 aliphatic heterocycles. The molecule has 0 saturated carbocycles. The topological polar surface area (TPSA) is 280 Å². The fourth-order valence-corrected chi connectivity index (χ4v) is 13.0. The summed E-state index contributed by atoms with van der Waals surface area (Å²) in [4.78, 5) is 124. The highest BCUT2D eigenvalue weighted by Gasteiger charge is 2.64. The highest BCUT2D eigenvalue weighted by atomic mass is 79.9. The molecule has 11 atom stereocenters. The van der Waals surface area contributed by atoms with E-state index in [0.29, 0.717) is 59.0 Å². The van der Waals surface area contributed by atoms with E-state index in [9.17, 15) is 48.3 Å². The van der Waals surface area contributed by atoms with Crippen molar-refractivity contribution in [1.82, 2.24) is 15.5 Å². The number of nitrogens with one attached hydrogen (secondary N) is 2. The number of nitrogens with two attached hydrogens (primary N) is 1. The molecule has 3 aliphatic rings. The van der Waals surface area contributed by atoms with Gasteiger partial charge in [0.05, 0.1) is 47.7 Å². The Morgan fingerprint density at radius 3 is 2.29 bits per heavy atom. The molecule has 0 aromatic heterocycles. The van der Waals surface area contributed by atoms with Crippen LogP contribution in [0.4, 0.5) is 10.5 Å². The number of urea groups is 1. The second-order valence-corrected chi connectivity index (χ2v) is 25.8. The Balaban J connectivity index is 1.29. The fraction of sp³-hybridized carbons (Fsp3) is 0.609. The van der Waals surface area contributed by atoms with Gasteiger partial charge in [-0.1, -0.05) is 106 Å². The highest BCUT2D eigenvalue weighted by Crippen LogP contribution is 2.50. The van der Waals surface area contributed by atoms with Gasteiger partial charge in [-0.15, -0.1) is 0 Å². The molecule has 2 aromatic rings. The van der Waals surface area contributed by atoms with Crippen molar-refractivity contribution in [3.05, 3.63) is 87.5 Å². The number of fused-ring (bicyclic) bond motifs is 5. The number of epoxide rings is 1. The summed E-state index contributed by atoms with van der Waals surface area (Å²) in [6, 6.07) is 7.03. The zero-order valence-electron chi connectivity index (χ0n) is 51.9. The number of allylic oxidation sites excluding steroid dienone is 3. The first-order valence-corrected chi connectivity index (χ1v) is 32.4. The van der Waals surface area contributed by atoms with Crippen molar-refractivity contribution < 1.29 is 71.9 Å². The molecule has 4 bridgehead atoms. The number of halogens is 3. The predicted octanol–water partition coefficient (Wildman–Crippen LogP) is 8.55. The van der Waals surface area contributed by atoms with E-state index in [1.807, 2.05) is 52.8 Å². The number of amides is 5. The number of esters is 3. The number of aryl methyl sites for hydroxylation is 1. The van der Waals surface area contributed by atoms with E-state index < -0.39 is 95.2 Å². The second-order valence-electron chi connectivity index (χ2n) is 24.2. The number of ether oxygens (including phenoxy) is 5. The van der Waals surface area contributed by atoms with Crippen LogP contribution in [-0.4, -0.2) is 155 Å². The highest BCUT2D eigenvalue weighted by molar-refractivity contribution is 9.09. The molecule has 20 nitrogen and oxygen atoms in total. The largest absolute Gasteiger partial charge is 0.462 e. The Labute approximate surface area is 533 Å². The molecule has 5 N–H and O–H groups in total. The minimum absolute atomic E-state index is 0.000683. The van der Waals surface area contributed by atoms with E-state index in [0.717, 1.165) is 16.7 Å². The van der Waals surface area contributed by atoms with Gasteiger partial charge >= 0.3 is 23.9 Å². The lowest BCUT2D eigenvalue weighted by molar-refractivity contribution is -0.187. The number of likely N-dealkylation sites (N-methyl/N-ethyl adjacent to an activating group) is 1. The van der Waals surface area contributed by atoms with Crippen molar-refractivity contribution >= 4 is 102 Å². The van der Waals surface area contributed by atoms with Gasteiger partial charge in [-0.05, 0) is 114 Å². The van der Waals surface area contributed by atoms with Crippen molar-refractivity contribution in [1.29, 1.82) is 0 Å². The molecule has 2 fully saturated rings. The van der Waals surface area contributed by atoms with Crippen LogP contribution in [0.2, 0.25) is 5.02 Å². The number of primary amides is 1. The van der Waals surface area contributed by atoms with E-state index in [1.165, 1.54) is 43.0 Å². The monoisotopic (exact) mass is 1360 g/mol. The van der Waals surface area contributed by atoms with Crippen molar-refractivity contribution in [2.45, 2.75) is 186 Å². The van der Waals surface area contributed by atoms with Crippen molar-refractivity contribution in [3.8, 4) is 0 Å². The summed E-state index contributed by atoms with van der Waals surface area (Å²) < 4.78 is 29.7. The molecular weight excluding hydrogens is 1270 g/mol. The van der Waals surface area contributed by atoms with Crippen LogP contribution in [0, 0.1) is 30.6 Å². The second kappa shape index (κ2) is 32.8. The van der Waals surface area contributed by atoms with Gasteiger partial charge in [0.15, 0.2) is 5.78 Å². The zero-order valence-corrected chi connectivity index (χ0v) is 55.8. The van der Waals surface area contributed by atoms with Crippen molar-refractivity contribution in [3.63, 3.8) is 0 Å². The number of aliphatic hydroxyl groups is 1. The normalized spacial score (nSPS) is 24.7. The molecular formula is C64H88Br2ClN5O15. The molecule has 0 aliphatic carbocycles. The fourth-order valence-electron chi connectivity index (χ4n) is 11.1. The predicted molar refractivity (Wildman–Crippen MR) is 337 cm³/mol. The Morgan fingerprint density at radius 1 is 0.977 bits per heavy atom. The van der Waals surface area contributed by atoms with E-state index in [1.54, 1.807) is 45.2 Å². The number of ketones is 2. The maximum Gasteiger partial charge on any atom is 0.328 e. The quantitative estimate of drug-likeness (QED) is 0.0226. The number of carbonyl (C=O) groups is 9. The number of Topliss-reactive ketones (excluding diaryl/α,β-unsaturated/α-hetero) is 2. The first-order valence-electron chi connectivity index (χ1n) is 29.8. The van der Waals surface area contributed by atoms with E-state index in [2.05, 4.69) is 42.5 Å². The van der Waals surface area contributed by atoms with Gasteiger partial charge < -0.3 is 55.0 Å². The number of unbranched alkanes of at least 4 members (excludes halogenated alkanes) is 1. The molecule has 23 heteroatoms. The summed E-state index contributed by atoms with van der Waals surface area (Å²) in [5, 5.41) is 18.7. The first kappa shape index (κ1) is 72.2. The van der Waals surface area contributed by atoms with E-state index in [-0.39, 0.29) is 92.5 Å². The first-order chi connectivity index (χ1) is 41.0. The molecule has 1 unspecified atom stereocenters. The average molecular weight is 1360 g/mol. The minimum atomic E-state index is -1.64. The lowest BCUT2D eigenvalue weighted by Gasteiger charge is -2.41. The number of rotatable bonds is 26. The van der Waals surface area contributed by atoms with E-state index in [4.69, 9.17) is 41.0 Å². The number of hydrogen-bond acceptors (Lipinski definition) is 15. The average Bonchev–Trinajstić information content (AvgIpc) is 1.59. The van der Waals surface area contributed by atoms with E-state index >= 15 is 0 Å². The third-order valence-electron chi connectivity index (χ3n) is 16.9. The van der Waals surface area contributed by atoms with Gasteiger partial charge in [-0.2, -0.15) is 0 Å². The summed E-state index contributed by atoms with van der Waals surface area (Å²) in [5.74, 6) is -5.58. The molecule has 5 rings (SSSR count). The van der Waals surface area contributed by atoms with Gasteiger partial charge in [0.25, 0.3) is 5.91 Å². The number of carbonyl (C=O) groups excluding carboxylic acids is 9. The standard InChI is InChI=1S/C64H88Br2ClN5O15/c1-36(2)47(30-46(73)18-13-12-17-39(5)84-61(80)45(34-65)35-66)58(77)70-48(19-15-25-69-62(68)81)50(74)29-42-21-23-44(24-22-42)59(78)71(9)41(7)60(79)86-53-31-54(75)72(10)49-28-43(27-38(4)56(49)67)26-37(3)16-14-20-52(83-11)64(82)32-51(85-55(76)33-64)40(6)57-63(53,8)87-57/h14,16,20-24,27-28,36,39-41,45,47-48,51-53,57,82H,12-13,15,17-19,25-26,29-35H2,1-11H3,(H,70,77)(H3,68,69,81)/b20-14+,37-16+/t39?,40-,41+,47+,48+,51+,52-,53+,57+,63+,64-/m1/s1.